The van der Waals surface area contributed by atoms with Crippen molar-refractivity contribution < 1.29 is 9.53 Å². The van der Waals surface area contributed by atoms with Gasteiger partial charge in [-0.25, -0.2) is 4.79 Å². The summed E-state index contributed by atoms with van der Waals surface area (Å²) in [6.07, 6.45) is 0.827. The third kappa shape index (κ3) is 5.46. The molecular weight excluding hydrogens is 306 g/mol. The van der Waals surface area contributed by atoms with Crippen LogP contribution in [-0.2, 0) is 16.2 Å². The van der Waals surface area contributed by atoms with Crippen molar-refractivity contribution in [2.45, 2.75) is 24.9 Å². The lowest BCUT2D eigenvalue weighted by Gasteiger charge is -2.05. The van der Waals surface area contributed by atoms with Gasteiger partial charge in [0.05, 0.1) is 23.8 Å². The SMILES string of the molecule is CCCOC(=O)c1ccc(CSCc2cccc(C#N)c2)cc1. The molecule has 0 radical (unpaired) electrons. The number of carbonyl (C=O) groups is 1. The molecular formula is C19H19NO2S. The Balaban J connectivity index is 1.84. The van der Waals surface area contributed by atoms with E-state index >= 15 is 0 Å². The van der Waals surface area contributed by atoms with Gasteiger partial charge in [0, 0.05) is 11.5 Å². The monoisotopic (exact) mass is 325 g/mol. The Bertz CT molecular complexity index is 689. The van der Waals surface area contributed by atoms with Crippen LogP contribution >= 0.6 is 11.8 Å². The summed E-state index contributed by atoms with van der Waals surface area (Å²) in [6, 6.07) is 17.4. The number of ether oxygens (including phenoxy) is 1. The Hall–Kier alpha value is -2.25. The molecule has 0 bridgehead atoms. The zero-order valence-electron chi connectivity index (χ0n) is 13.1. The highest BCUT2D eigenvalue weighted by molar-refractivity contribution is 7.97. The standard InChI is InChI=1S/C19H19NO2S/c1-2-10-22-19(21)18-8-6-15(7-9-18)13-23-14-17-5-3-4-16(11-17)12-20/h3-9,11H,2,10,13-14H2,1H3. The number of benzene rings is 2. The lowest BCUT2D eigenvalue weighted by Crippen LogP contribution is -2.05. The van der Waals surface area contributed by atoms with Gasteiger partial charge in [-0.3, -0.25) is 0 Å². The number of carbonyl (C=O) groups excluding carboxylic acids is 1. The summed E-state index contributed by atoms with van der Waals surface area (Å²) >= 11 is 1.78. The number of hydrogen-bond donors (Lipinski definition) is 0. The van der Waals surface area contributed by atoms with Crippen molar-refractivity contribution in [1.82, 2.24) is 0 Å². The molecule has 118 valence electrons. The Morgan fingerprint density at radius 2 is 1.87 bits per heavy atom. The van der Waals surface area contributed by atoms with Gasteiger partial charge >= 0.3 is 5.97 Å². The summed E-state index contributed by atoms with van der Waals surface area (Å²) in [4.78, 5) is 11.7. The molecule has 2 aromatic carbocycles. The van der Waals surface area contributed by atoms with Gasteiger partial charge in [-0.05, 0) is 41.8 Å². The van der Waals surface area contributed by atoms with E-state index in [0.29, 0.717) is 17.7 Å². The second-order valence-electron chi connectivity index (χ2n) is 5.14. The molecule has 4 heteroatoms. The minimum Gasteiger partial charge on any atom is -0.462 e. The van der Waals surface area contributed by atoms with Gasteiger partial charge in [-0.1, -0.05) is 31.2 Å². The van der Waals surface area contributed by atoms with E-state index in [4.69, 9.17) is 10.00 Å². The van der Waals surface area contributed by atoms with Crippen LogP contribution in [0.5, 0.6) is 0 Å². The first-order valence-electron chi connectivity index (χ1n) is 7.55. The van der Waals surface area contributed by atoms with Crippen LogP contribution in [0.3, 0.4) is 0 Å². The molecule has 2 rings (SSSR count). The molecule has 0 saturated carbocycles. The fourth-order valence-electron chi connectivity index (χ4n) is 2.03. The van der Waals surface area contributed by atoms with Crippen LogP contribution < -0.4 is 0 Å². The minimum atomic E-state index is -0.264. The maximum atomic E-state index is 11.7. The van der Waals surface area contributed by atoms with Gasteiger partial charge in [0.25, 0.3) is 0 Å². The molecule has 0 aromatic heterocycles. The van der Waals surface area contributed by atoms with Crippen LogP contribution in [0.1, 0.15) is 40.4 Å². The lowest BCUT2D eigenvalue weighted by molar-refractivity contribution is 0.0505. The summed E-state index contributed by atoms with van der Waals surface area (Å²) in [5, 5.41) is 8.90. The molecule has 2 aromatic rings. The van der Waals surface area contributed by atoms with Crippen LogP contribution in [0.2, 0.25) is 0 Å². The number of esters is 1. The molecule has 0 aliphatic rings. The quantitative estimate of drug-likeness (QED) is 0.700. The van der Waals surface area contributed by atoms with Crippen LogP contribution in [0.15, 0.2) is 48.5 Å². The normalized spacial score (nSPS) is 10.1. The first kappa shape index (κ1) is 17.1. The third-order valence-corrected chi connectivity index (χ3v) is 4.30. The Morgan fingerprint density at radius 1 is 1.13 bits per heavy atom. The number of thioether (sulfide) groups is 1. The average molecular weight is 325 g/mol. The fourth-order valence-corrected chi connectivity index (χ4v) is 2.98. The Kier molecular flexibility index (Phi) is 6.71. The molecule has 3 nitrogen and oxygen atoms in total. The Morgan fingerprint density at radius 3 is 2.57 bits per heavy atom. The van der Waals surface area contributed by atoms with Crippen molar-refractivity contribution >= 4 is 17.7 Å². The van der Waals surface area contributed by atoms with Crippen molar-refractivity contribution in [1.29, 1.82) is 5.26 Å². The van der Waals surface area contributed by atoms with Crippen LogP contribution in [-0.4, -0.2) is 12.6 Å². The second kappa shape index (κ2) is 9.02. The average Bonchev–Trinajstić information content (AvgIpc) is 2.60. The first-order chi connectivity index (χ1) is 11.2. The van der Waals surface area contributed by atoms with Crippen molar-refractivity contribution in [3.63, 3.8) is 0 Å². The highest BCUT2D eigenvalue weighted by atomic mass is 32.2. The maximum absolute atomic E-state index is 11.7. The lowest BCUT2D eigenvalue weighted by atomic mass is 10.1. The molecule has 0 N–H and O–H groups in total. The van der Waals surface area contributed by atoms with Gasteiger partial charge in [-0.2, -0.15) is 17.0 Å². The Labute approximate surface area is 141 Å². The highest BCUT2D eigenvalue weighted by Crippen LogP contribution is 2.19. The second-order valence-corrected chi connectivity index (χ2v) is 6.12. The molecule has 23 heavy (non-hydrogen) atoms. The molecule has 0 atom stereocenters. The van der Waals surface area contributed by atoms with E-state index in [-0.39, 0.29) is 5.97 Å². The largest absolute Gasteiger partial charge is 0.462 e. The predicted molar refractivity (Wildman–Crippen MR) is 93.2 cm³/mol. The van der Waals surface area contributed by atoms with E-state index in [1.54, 1.807) is 11.8 Å². The molecule has 0 saturated heterocycles. The summed E-state index contributed by atoms with van der Waals surface area (Å²) < 4.78 is 5.11. The topological polar surface area (TPSA) is 50.1 Å². The summed E-state index contributed by atoms with van der Waals surface area (Å²) in [5.41, 5.74) is 3.60. The summed E-state index contributed by atoms with van der Waals surface area (Å²) in [6.45, 7) is 2.43. The van der Waals surface area contributed by atoms with E-state index in [1.165, 1.54) is 5.56 Å². The highest BCUT2D eigenvalue weighted by Gasteiger charge is 2.06. The molecule has 0 aliphatic heterocycles. The van der Waals surface area contributed by atoms with Crippen molar-refractivity contribution in [2.24, 2.45) is 0 Å². The number of nitriles is 1. The van der Waals surface area contributed by atoms with Gasteiger partial charge in [0.15, 0.2) is 0 Å². The zero-order chi connectivity index (χ0) is 16.5. The van der Waals surface area contributed by atoms with Crippen LogP contribution in [0.4, 0.5) is 0 Å². The summed E-state index contributed by atoms with van der Waals surface area (Å²) in [5.74, 6) is 1.45. The van der Waals surface area contributed by atoms with E-state index in [2.05, 4.69) is 6.07 Å². The van der Waals surface area contributed by atoms with Crippen LogP contribution in [0.25, 0.3) is 0 Å². The molecule has 0 spiro atoms. The molecule has 0 fully saturated rings. The van der Waals surface area contributed by atoms with Crippen molar-refractivity contribution in [3.8, 4) is 6.07 Å². The van der Waals surface area contributed by atoms with E-state index in [9.17, 15) is 4.79 Å². The fraction of sp³-hybridized carbons (Fsp3) is 0.263. The molecule has 0 amide bonds. The van der Waals surface area contributed by atoms with Crippen molar-refractivity contribution in [3.05, 3.63) is 70.8 Å². The van der Waals surface area contributed by atoms with Gasteiger partial charge in [0.1, 0.15) is 0 Å². The summed E-state index contributed by atoms with van der Waals surface area (Å²) in [7, 11) is 0. The smallest absolute Gasteiger partial charge is 0.338 e. The number of nitrogens with zero attached hydrogens (tertiary/aromatic N) is 1. The molecule has 0 aliphatic carbocycles. The van der Waals surface area contributed by atoms with Gasteiger partial charge in [0.2, 0.25) is 0 Å². The van der Waals surface area contributed by atoms with Gasteiger partial charge in [-0.15, -0.1) is 0 Å². The van der Waals surface area contributed by atoms with Gasteiger partial charge < -0.3 is 4.74 Å². The molecule has 0 heterocycles. The molecule has 0 unspecified atom stereocenters. The zero-order valence-corrected chi connectivity index (χ0v) is 13.9. The first-order valence-corrected chi connectivity index (χ1v) is 8.71. The van der Waals surface area contributed by atoms with Crippen molar-refractivity contribution in [2.75, 3.05) is 6.61 Å². The predicted octanol–water partition coefficient (Wildman–Crippen LogP) is 4.56. The minimum absolute atomic E-state index is 0.264. The third-order valence-electron chi connectivity index (χ3n) is 3.22. The number of rotatable bonds is 7. The maximum Gasteiger partial charge on any atom is 0.338 e. The van der Waals surface area contributed by atoms with E-state index in [0.717, 1.165) is 23.5 Å². The van der Waals surface area contributed by atoms with E-state index < -0.39 is 0 Å². The van der Waals surface area contributed by atoms with Crippen LogP contribution in [0, 0.1) is 11.3 Å². The van der Waals surface area contributed by atoms with E-state index in [1.807, 2.05) is 55.5 Å². The number of hydrogen-bond acceptors (Lipinski definition) is 4.